The Bertz CT molecular complexity index is 1270. The molecule has 0 aliphatic carbocycles. The van der Waals surface area contributed by atoms with Gasteiger partial charge in [0, 0.05) is 18.1 Å². The summed E-state index contributed by atoms with van der Waals surface area (Å²) in [5.74, 6) is -0.183. The Balaban J connectivity index is 1.86. The molecule has 152 valence electrons. The topological polar surface area (TPSA) is 107 Å². The number of halogens is 1. The highest BCUT2D eigenvalue weighted by atomic mass is 79.9. The first-order chi connectivity index (χ1) is 14.6. The molecule has 2 aromatic heterocycles. The quantitative estimate of drug-likeness (QED) is 0.335. The number of nitrogens with two attached hydrogens (primary N) is 1. The van der Waals surface area contributed by atoms with Gasteiger partial charge in [0.05, 0.1) is 23.9 Å². The number of methoxy groups -OCH3 is 1. The molecule has 8 nitrogen and oxygen atoms in total. The molecule has 0 saturated carbocycles. The van der Waals surface area contributed by atoms with Gasteiger partial charge >= 0.3 is 0 Å². The van der Waals surface area contributed by atoms with Crippen LogP contribution in [0.4, 0.5) is 5.82 Å². The van der Waals surface area contributed by atoms with E-state index in [1.807, 2.05) is 48.5 Å². The number of anilines is 1. The highest BCUT2D eigenvalue weighted by Crippen LogP contribution is 2.27. The number of carbonyl (C=O) groups excluding carboxylic acids is 1. The summed E-state index contributed by atoms with van der Waals surface area (Å²) in [6.45, 7) is 0.740. The second-order valence-corrected chi connectivity index (χ2v) is 7.42. The predicted octanol–water partition coefficient (Wildman–Crippen LogP) is 3.19. The first-order valence-electron chi connectivity index (χ1n) is 9.22. The molecule has 3 N–H and O–H groups in total. The zero-order valence-corrected chi connectivity index (χ0v) is 17.8. The van der Waals surface area contributed by atoms with E-state index >= 15 is 0 Å². The van der Waals surface area contributed by atoms with Crippen LogP contribution < -0.4 is 11.1 Å². The van der Waals surface area contributed by atoms with E-state index < -0.39 is 0 Å². The van der Waals surface area contributed by atoms with Gasteiger partial charge in [0.25, 0.3) is 5.91 Å². The Kier molecular flexibility index (Phi) is 5.73. The summed E-state index contributed by atoms with van der Waals surface area (Å²) in [5, 5.41) is 7.28. The molecule has 0 aliphatic rings. The smallest absolute Gasteiger partial charge is 0.257 e. The lowest BCUT2D eigenvalue weighted by Gasteiger charge is -2.04. The van der Waals surface area contributed by atoms with Gasteiger partial charge in [-0.15, -0.1) is 0 Å². The van der Waals surface area contributed by atoms with Gasteiger partial charge in [-0.25, -0.2) is 9.97 Å². The highest BCUT2D eigenvalue weighted by molar-refractivity contribution is 9.10. The molecule has 2 aromatic carbocycles. The summed E-state index contributed by atoms with van der Waals surface area (Å²) in [6.07, 6.45) is 1.66. The van der Waals surface area contributed by atoms with Crippen LogP contribution in [0, 0.1) is 0 Å². The number of rotatable bonds is 6. The summed E-state index contributed by atoms with van der Waals surface area (Å²) >= 11 is 3.44. The number of carbonyl (C=O) groups is 1. The van der Waals surface area contributed by atoms with Gasteiger partial charge in [0.1, 0.15) is 16.9 Å². The maximum absolute atomic E-state index is 12.8. The summed E-state index contributed by atoms with van der Waals surface area (Å²) in [4.78, 5) is 22.1. The fourth-order valence-corrected chi connectivity index (χ4v) is 3.47. The number of fused-ring (bicyclic) bond motifs is 2. The summed E-state index contributed by atoms with van der Waals surface area (Å²) in [6, 6.07) is 15.1. The Morgan fingerprint density at radius 3 is 2.73 bits per heavy atom. The molecule has 0 unspecified atom stereocenters. The average molecular weight is 467 g/mol. The van der Waals surface area contributed by atoms with Gasteiger partial charge in [-0.3, -0.25) is 4.79 Å². The van der Waals surface area contributed by atoms with Gasteiger partial charge in [-0.2, -0.15) is 9.78 Å². The van der Waals surface area contributed by atoms with E-state index in [1.54, 1.807) is 13.3 Å². The number of para-hydroxylation sites is 2. The van der Waals surface area contributed by atoms with Gasteiger partial charge in [0.15, 0.2) is 5.65 Å². The Morgan fingerprint density at radius 1 is 1.23 bits per heavy atom. The number of hydrogen-bond acceptors (Lipinski definition) is 6. The molecule has 0 radical (unpaired) electrons. The second kappa shape index (κ2) is 8.60. The maximum atomic E-state index is 12.8. The number of nitrogens with zero attached hydrogens (tertiary/aromatic N) is 4. The fourth-order valence-electron chi connectivity index (χ4n) is 3.05. The molecule has 4 aromatic rings. The molecule has 2 heterocycles. The molecule has 0 spiro atoms. The molecule has 0 atom stereocenters. The number of nitrogen functional groups attached to an aromatic ring is 1. The minimum absolute atomic E-state index is 0.168. The Labute approximate surface area is 180 Å². The van der Waals surface area contributed by atoms with E-state index in [4.69, 9.17) is 10.5 Å². The molecule has 0 aliphatic heterocycles. The van der Waals surface area contributed by atoms with E-state index in [0.29, 0.717) is 35.3 Å². The lowest BCUT2D eigenvalue weighted by Crippen LogP contribution is -2.27. The standard InChI is InChI=1S/C21H19BrN6O2/c1-30-10-9-24-21(29)17-18-20(27-16-8-3-2-7-15(16)26-18)28(19(17)23)25-12-13-5-4-6-14(22)11-13/h2-8,11-12H,9-10,23H2,1H3,(H,24,29). The second-order valence-electron chi connectivity index (χ2n) is 6.50. The van der Waals surface area contributed by atoms with Crippen molar-refractivity contribution in [3.63, 3.8) is 0 Å². The first-order valence-corrected chi connectivity index (χ1v) is 10.0. The van der Waals surface area contributed by atoms with E-state index in [2.05, 4.69) is 36.3 Å². The minimum atomic E-state index is -0.351. The van der Waals surface area contributed by atoms with Crippen LogP contribution in [0.1, 0.15) is 15.9 Å². The molecule has 0 saturated heterocycles. The lowest BCUT2D eigenvalue weighted by molar-refractivity contribution is 0.0939. The fraction of sp³-hybridized carbons (Fsp3) is 0.143. The normalized spacial score (nSPS) is 11.5. The first kappa shape index (κ1) is 20.0. The van der Waals surface area contributed by atoms with Crippen molar-refractivity contribution in [3.8, 4) is 0 Å². The van der Waals surface area contributed by atoms with Crippen LogP contribution >= 0.6 is 15.9 Å². The zero-order valence-electron chi connectivity index (χ0n) is 16.2. The molecule has 4 rings (SSSR count). The summed E-state index contributed by atoms with van der Waals surface area (Å²) in [5.41, 5.74) is 9.62. The largest absolute Gasteiger partial charge is 0.383 e. The SMILES string of the molecule is COCCNC(=O)c1c(N)n(N=Cc2cccc(Br)c2)c2nc3ccccc3nc12. The third-order valence-corrected chi connectivity index (χ3v) is 4.96. The van der Waals surface area contributed by atoms with Crippen LogP contribution in [0.5, 0.6) is 0 Å². The average Bonchev–Trinajstić information content (AvgIpc) is 3.01. The van der Waals surface area contributed by atoms with Crippen LogP contribution in [-0.4, -0.2) is 47.0 Å². The number of ether oxygens (including phenoxy) is 1. The van der Waals surface area contributed by atoms with E-state index in [0.717, 1.165) is 10.0 Å². The number of nitrogens with one attached hydrogen (secondary N) is 1. The number of aromatic nitrogens is 3. The van der Waals surface area contributed by atoms with Crippen molar-refractivity contribution >= 4 is 56.1 Å². The molecule has 1 amide bonds. The Morgan fingerprint density at radius 2 is 2.00 bits per heavy atom. The van der Waals surface area contributed by atoms with Crippen molar-refractivity contribution in [1.82, 2.24) is 20.0 Å². The molecule has 30 heavy (non-hydrogen) atoms. The third kappa shape index (κ3) is 3.89. The molecular weight excluding hydrogens is 448 g/mol. The van der Waals surface area contributed by atoms with Crippen molar-refractivity contribution in [2.75, 3.05) is 26.0 Å². The Hall–Kier alpha value is -3.30. The number of hydrogen-bond donors (Lipinski definition) is 2. The van der Waals surface area contributed by atoms with Crippen molar-refractivity contribution in [3.05, 3.63) is 64.1 Å². The van der Waals surface area contributed by atoms with Crippen LogP contribution in [0.3, 0.4) is 0 Å². The monoisotopic (exact) mass is 466 g/mol. The number of benzene rings is 2. The molecule has 9 heteroatoms. The summed E-state index contributed by atoms with van der Waals surface area (Å²) < 4.78 is 7.38. The number of amides is 1. The van der Waals surface area contributed by atoms with Crippen LogP contribution in [0.15, 0.2) is 58.1 Å². The van der Waals surface area contributed by atoms with Gasteiger partial charge in [0.2, 0.25) is 0 Å². The third-order valence-electron chi connectivity index (χ3n) is 4.46. The van der Waals surface area contributed by atoms with Crippen molar-refractivity contribution in [2.45, 2.75) is 0 Å². The zero-order chi connectivity index (χ0) is 21.1. The van der Waals surface area contributed by atoms with Gasteiger partial charge in [-0.05, 0) is 29.8 Å². The van der Waals surface area contributed by atoms with E-state index in [1.165, 1.54) is 4.68 Å². The molecule has 0 fully saturated rings. The summed E-state index contributed by atoms with van der Waals surface area (Å²) in [7, 11) is 1.57. The van der Waals surface area contributed by atoms with E-state index in [9.17, 15) is 4.79 Å². The lowest BCUT2D eigenvalue weighted by atomic mass is 10.2. The molecular formula is C21H19BrN6O2. The van der Waals surface area contributed by atoms with Crippen molar-refractivity contribution in [1.29, 1.82) is 0 Å². The van der Waals surface area contributed by atoms with Crippen LogP contribution in [-0.2, 0) is 4.74 Å². The molecule has 0 bridgehead atoms. The van der Waals surface area contributed by atoms with Crippen molar-refractivity contribution < 1.29 is 9.53 Å². The van der Waals surface area contributed by atoms with Crippen molar-refractivity contribution in [2.24, 2.45) is 5.10 Å². The maximum Gasteiger partial charge on any atom is 0.257 e. The predicted molar refractivity (Wildman–Crippen MR) is 121 cm³/mol. The van der Waals surface area contributed by atoms with Crippen LogP contribution in [0.2, 0.25) is 0 Å². The highest BCUT2D eigenvalue weighted by Gasteiger charge is 2.23. The van der Waals surface area contributed by atoms with Gasteiger partial charge < -0.3 is 15.8 Å². The minimum Gasteiger partial charge on any atom is -0.383 e. The van der Waals surface area contributed by atoms with Gasteiger partial charge in [-0.1, -0.05) is 40.2 Å². The van der Waals surface area contributed by atoms with Crippen LogP contribution in [0.25, 0.3) is 22.2 Å². The van der Waals surface area contributed by atoms with E-state index in [-0.39, 0.29) is 17.3 Å².